The number of aromatic nitrogens is 3. The lowest BCUT2D eigenvalue weighted by molar-refractivity contribution is -0.137. The van der Waals surface area contributed by atoms with Gasteiger partial charge in [0.25, 0.3) is 5.91 Å². The summed E-state index contributed by atoms with van der Waals surface area (Å²) >= 11 is 18.4. The van der Waals surface area contributed by atoms with Crippen LogP contribution in [-0.4, -0.2) is 45.3 Å². The van der Waals surface area contributed by atoms with Crippen molar-refractivity contribution in [2.75, 3.05) is 17.3 Å². The normalized spacial score (nSPS) is 11.6. The zero-order valence-electron chi connectivity index (χ0n) is 16.3. The topological polar surface area (TPSA) is 108 Å². The number of carbonyl (C=O) groups is 2. The van der Waals surface area contributed by atoms with Crippen LogP contribution in [0.15, 0.2) is 42.7 Å². The summed E-state index contributed by atoms with van der Waals surface area (Å²) in [6, 6.07) is 7.59. The number of amides is 1. The monoisotopic (exact) mass is 479 g/mol. The van der Waals surface area contributed by atoms with Gasteiger partial charge >= 0.3 is 5.97 Å². The van der Waals surface area contributed by atoms with Gasteiger partial charge in [0.1, 0.15) is 6.04 Å². The lowest BCUT2D eigenvalue weighted by Gasteiger charge is -2.23. The molecule has 0 bridgehead atoms. The Hall–Kier alpha value is -2.94. The number of benzene rings is 1. The second-order valence-corrected chi connectivity index (χ2v) is 7.69. The van der Waals surface area contributed by atoms with E-state index in [9.17, 15) is 14.7 Å². The number of carboxylic acid groups (broad SMARTS) is 1. The first-order chi connectivity index (χ1) is 14.7. The number of anilines is 2. The summed E-state index contributed by atoms with van der Waals surface area (Å²) in [5, 5.41) is 20.2. The van der Waals surface area contributed by atoms with Crippen LogP contribution in [0, 0.1) is 0 Å². The predicted molar refractivity (Wildman–Crippen MR) is 120 cm³/mol. The minimum Gasteiger partial charge on any atom is -0.480 e. The molecule has 160 valence electrons. The molecule has 1 unspecified atom stereocenters. The quantitative estimate of drug-likeness (QED) is 0.528. The Labute approximate surface area is 192 Å². The maximum atomic E-state index is 13.2. The third kappa shape index (κ3) is 4.87. The smallest absolute Gasteiger partial charge is 0.325 e. The summed E-state index contributed by atoms with van der Waals surface area (Å²) < 4.78 is 0. The van der Waals surface area contributed by atoms with Crippen LogP contribution < -0.4 is 10.2 Å². The van der Waals surface area contributed by atoms with Crippen molar-refractivity contribution in [1.82, 2.24) is 15.2 Å². The van der Waals surface area contributed by atoms with Crippen LogP contribution in [0.4, 0.5) is 11.5 Å². The van der Waals surface area contributed by atoms with Gasteiger partial charge < -0.3 is 15.3 Å². The molecule has 0 radical (unpaired) electrons. The summed E-state index contributed by atoms with van der Waals surface area (Å²) in [6.45, 7) is 1.47. The van der Waals surface area contributed by atoms with Gasteiger partial charge in [0.2, 0.25) is 0 Å². The summed E-state index contributed by atoms with van der Waals surface area (Å²) in [7, 11) is 1.57. The first-order valence-corrected chi connectivity index (χ1v) is 10.0. The van der Waals surface area contributed by atoms with E-state index in [0.29, 0.717) is 16.8 Å². The van der Waals surface area contributed by atoms with E-state index in [1.54, 1.807) is 31.3 Å². The second kappa shape index (κ2) is 9.47. The van der Waals surface area contributed by atoms with Crippen molar-refractivity contribution in [3.05, 3.63) is 63.5 Å². The van der Waals surface area contributed by atoms with E-state index < -0.39 is 17.9 Å². The summed E-state index contributed by atoms with van der Waals surface area (Å²) in [5.41, 5.74) is 1.64. The van der Waals surface area contributed by atoms with Gasteiger partial charge in [0.15, 0.2) is 11.0 Å². The van der Waals surface area contributed by atoms with Crippen molar-refractivity contribution in [3.63, 3.8) is 0 Å². The van der Waals surface area contributed by atoms with Crippen LogP contribution >= 0.6 is 34.8 Å². The Kier molecular flexibility index (Phi) is 6.94. The van der Waals surface area contributed by atoms with Crippen molar-refractivity contribution < 1.29 is 14.7 Å². The van der Waals surface area contributed by atoms with E-state index in [0.717, 1.165) is 0 Å². The third-order valence-corrected chi connectivity index (χ3v) is 5.17. The molecule has 31 heavy (non-hydrogen) atoms. The maximum absolute atomic E-state index is 13.2. The van der Waals surface area contributed by atoms with Crippen molar-refractivity contribution in [3.8, 4) is 11.1 Å². The number of hydrogen-bond acceptors (Lipinski definition) is 6. The molecule has 0 spiro atoms. The molecule has 0 saturated carbocycles. The van der Waals surface area contributed by atoms with Gasteiger partial charge in [-0.25, -0.2) is 0 Å². The molecule has 1 aromatic carbocycles. The number of nitrogens with zero attached hydrogens (tertiary/aromatic N) is 4. The van der Waals surface area contributed by atoms with Crippen molar-refractivity contribution >= 4 is 58.2 Å². The largest absolute Gasteiger partial charge is 0.480 e. The van der Waals surface area contributed by atoms with Gasteiger partial charge in [-0.2, -0.15) is 0 Å². The summed E-state index contributed by atoms with van der Waals surface area (Å²) in [5.74, 6) is -1.32. The van der Waals surface area contributed by atoms with Gasteiger partial charge in [0.05, 0.1) is 21.3 Å². The Morgan fingerprint density at radius 2 is 1.71 bits per heavy atom. The van der Waals surface area contributed by atoms with E-state index in [1.807, 2.05) is 0 Å². The van der Waals surface area contributed by atoms with Gasteiger partial charge in [0, 0.05) is 30.6 Å². The molecule has 1 amide bonds. The highest BCUT2D eigenvalue weighted by Gasteiger charge is 2.24. The molecular weight excluding hydrogens is 465 g/mol. The number of nitrogens with one attached hydrogen (secondary N) is 1. The van der Waals surface area contributed by atoms with Crippen LogP contribution in [0.3, 0.4) is 0 Å². The van der Waals surface area contributed by atoms with E-state index in [-0.39, 0.29) is 26.6 Å². The highest BCUT2D eigenvalue weighted by molar-refractivity contribution is 6.40. The van der Waals surface area contributed by atoms with Crippen LogP contribution in [0.1, 0.15) is 17.3 Å². The Bertz CT molecular complexity index is 1140. The van der Waals surface area contributed by atoms with Gasteiger partial charge in [-0.05, 0) is 19.1 Å². The molecule has 0 aliphatic heterocycles. The Morgan fingerprint density at radius 3 is 2.35 bits per heavy atom. The summed E-state index contributed by atoms with van der Waals surface area (Å²) in [6.07, 6.45) is 2.67. The average molecular weight is 481 g/mol. The van der Waals surface area contributed by atoms with Crippen LogP contribution in [0.2, 0.25) is 15.2 Å². The lowest BCUT2D eigenvalue weighted by Crippen LogP contribution is -2.28. The second-order valence-electron chi connectivity index (χ2n) is 6.49. The van der Waals surface area contributed by atoms with Crippen molar-refractivity contribution in [1.29, 1.82) is 0 Å². The lowest BCUT2D eigenvalue weighted by atomic mass is 10.0. The standard InChI is InChI=1S/C20H16Cl3N5O3/c1-10(20(30)31)25-18-12(7-16(23)26-27-18)11-5-3-4-6-15(11)28(2)19(29)17-13(21)8-24-9-14(17)22/h3-10H,1-2H3,(H,25,27)(H,30,31). The molecule has 2 heterocycles. The number of para-hydroxylation sites is 1. The van der Waals surface area contributed by atoms with Crippen molar-refractivity contribution in [2.24, 2.45) is 0 Å². The Balaban J connectivity index is 2.10. The summed E-state index contributed by atoms with van der Waals surface area (Å²) in [4.78, 5) is 29.7. The molecule has 2 aromatic heterocycles. The van der Waals surface area contributed by atoms with Gasteiger partial charge in [-0.3, -0.25) is 14.6 Å². The fraction of sp³-hybridized carbons (Fsp3) is 0.150. The molecule has 1 atom stereocenters. The van der Waals surface area contributed by atoms with Crippen molar-refractivity contribution in [2.45, 2.75) is 13.0 Å². The first-order valence-electron chi connectivity index (χ1n) is 8.89. The number of carboxylic acids is 1. The molecule has 11 heteroatoms. The number of rotatable bonds is 6. The zero-order valence-corrected chi connectivity index (χ0v) is 18.6. The van der Waals surface area contributed by atoms with Gasteiger partial charge in [-0.1, -0.05) is 53.0 Å². The SMILES string of the molecule is CC(Nc1nnc(Cl)cc1-c1ccccc1N(C)C(=O)c1c(Cl)cncc1Cl)C(=O)O. The van der Waals surface area contributed by atoms with Gasteiger partial charge in [-0.15, -0.1) is 10.2 Å². The number of aliphatic carboxylic acids is 1. The number of hydrogen-bond donors (Lipinski definition) is 2. The number of pyridine rings is 1. The number of halogens is 3. The molecule has 0 aliphatic rings. The van der Waals surface area contributed by atoms with E-state index in [4.69, 9.17) is 34.8 Å². The molecule has 3 aromatic rings. The van der Waals surface area contributed by atoms with E-state index >= 15 is 0 Å². The Morgan fingerprint density at radius 1 is 1.06 bits per heavy atom. The minimum atomic E-state index is -1.06. The van der Waals surface area contributed by atoms with E-state index in [1.165, 1.54) is 30.3 Å². The highest BCUT2D eigenvalue weighted by atomic mass is 35.5. The molecule has 0 saturated heterocycles. The fourth-order valence-corrected chi connectivity index (χ4v) is 3.51. The molecule has 8 nitrogen and oxygen atoms in total. The average Bonchev–Trinajstić information content (AvgIpc) is 2.74. The highest BCUT2D eigenvalue weighted by Crippen LogP contribution is 2.36. The molecule has 3 rings (SSSR count). The fourth-order valence-electron chi connectivity index (χ4n) is 2.83. The first kappa shape index (κ1) is 22.7. The molecule has 0 fully saturated rings. The minimum absolute atomic E-state index is 0.104. The zero-order chi connectivity index (χ0) is 22.7. The molecule has 2 N–H and O–H groups in total. The van der Waals surface area contributed by atoms with Crippen LogP contribution in [0.25, 0.3) is 11.1 Å². The maximum Gasteiger partial charge on any atom is 0.325 e. The van der Waals surface area contributed by atoms with E-state index in [2.05, 4.69) is 20.5 Å². The molecular formula is C20H16Cl3N5O3. The number of carbonyl (C=O) groups excluding carboxylic acids is 1. The van der Waals surface area contributed by atoms with Crippen LogP contribution in [0.5, 0.6) is 0 Å². The van der Waals surface area contributed by atoms with Crippen LogP contribution in [-0.2, 0) is 4.79 Å². The third-order valence-electron chi connectivity index (χ3n) is 4.42. The predicted octanol–water partition coefficient (Wildman–Crippen LogP) is 4.66. The molecule has 0 aliphatic carbocycles.